The maximum Gasteiger partial charge on any atom is 0.0845 e. The Hall–Kier alpha value is -0.860. The SMILES string of the molecule is CC(C)OCC(O)C1Cc2ccccc21. The van der Waals surface area contributed by atoms with Crippen molar-refractivity contribution in [3.05, 3.63) is 35.4 Å². The molecule has 0 heterocycles. The number of benzene rings is 1. The molecule has 0 bridgehead atoms. The Labute approximate surface area is 90.9 Å². The Balaban J connectivity index is 1.92. The number of hydrogen-bond acceptors (Lipinski definition) is 2. The van der Waals surface area contributed by atoms with Gasteiger partial charge in [0.1, 0.15) is 0 Å². The van der Waals surface area contributed by atoms with Gasteiger partial charge in [0.05, 0.1) is 18.8 Å². The summed E-state index contributed by atoms with van der Waals surface area (Å²) in [4.78, 5) is 0. The number of rotatable bonds is 4. The van der Waals surface area contributed by atoms with Gasteiger partial charge in [-0.2, -0.15) is 0 Å². The lowest BCUT2D eigenvalue weighted by Crippen LogP contribution is -2.33. The molecule has 1 aromatic carbocycles. The van der Waals surface area contributed by atoms with Gasteiger partial charge in [0.25, 0.3) is 0 Å². The van der Waals surface area contributed by atoms with E-state index in [1.807, 2.05) is 26.0 Å². The molecule has 1 aliphatic rings. The zero-order valence-corrected chi connectivity index (χ0v) is 9.31. The van der Waals surface area contributed by atoms with Gasteiger partial charge in [-0.3, -0.25) is 0 Å². The Bertz CT molecular complexity index is 333. The summed E-state index contributed by atoms with van der Waals surface area (Å²) in [5.74, 6) is 0.278. The molecule has 0 aromatic heterocycles. The van der Waals surface area contributed by atoms with Crippen LogP contribution in [0.2, 0.25) is 0 Å². The molecular weight excluding hydrogens is 188 g/mol. The molecule has 2 rings (SSSR count). The van der Waals surface area contributed by atoms with Gasteiger partial charge in [0.15, 0.2) is 0 Å². The van der Waals surface area contributed by atoms with E-state index in [9.17, 15) is 5.11 Å². The second-order valence-corrected chi connectivity index (χ2v) is 4.46. The molecule has 1 N–H and O–H groups in total. The molecule has 0 amide bonds. The minimum atomic E-state index is -0.359. The van der Waals surface area contributed by atoms with Crippen molar-refractivity contribution in [3.8, 4) is 0 Å². The van der Waals surface area contributed by atoms with Gasteiger partial charge >= 0.3 is 0 Å². The van der Waals surface area contributed by atoms with E-state index < -0.39 is 0 Å². The Morgan fingerprint density at radius 2 is 2.13 bits per heavy atom. The highest BCUT2D eigenvalue weighted by Gasteiger charge is 2.31. The van der Waals surface area contributed by atoms with Crippen LogP contribution in [0.3, 0.4) is 0 Å². The van der Waals surface area contributed by atoms with E-state index in [2.05, 4.69) is 12.1 Å². The molecule has 0 saturated carbocycles. The first kappa shape index (κ1) is 10.7. The van der Waals surface area contributed by atoms with E-state index in [0.717, 1.165) is 6.42 Å². The van der Waals surface area contributed by atoms with Gasteiger partial charge in [-0.1, -0.05) is 24.3 Å². The molecule has 0 spiro atoms. The van der Waals surface area contributed by atoms with Crippen LogP contribution in [0.4, 0.5) is 0 Å². The molecule has 2 atom stereocenters. The number of aliphatic hydroxyl groups excluding tert-OH is 1. The summed E-state index contributed by atoms with van der Waals surface area (Å²) in [7, 11) is 0. The van der Waals surface area contributed by atoms with Crippen molar-refractivity contribution in [2.75, 3.05) is 6.61 Å². The predicted molar refractivity (Wildman–Crippen MR) is 60.0 cm³/mol. The minimum absolute atomic E-state index is 0.190. The first-order valence-electron chi connectivity index (χ1n) is 5.56. The summed E-state index contributed by atoms with van der Waals surface area (Å²) in [6.07, 6.45) is 0.816. The third-order valence-electron chi connectivity index (χ3n) is 2.96. The molecule has 0 radical (unpaired) electrons. The molecule has 0 aliphatic heterocycles. The van der Waals surface area contributed by atoms with Crippen LogP contribution in [-0.4, -0.2) is 23.9 Å². The molecule has 2 unspecified atom stereocenters. The van der Waals surface area contributed by atoms with Crippen molar-refractivity contribution in [2.24, 2.45) is 0 Å². The van der Waals surface area contributed by atoms with E-state index in [4.69, 9.17) is 4.74 Å². The molecule has 1 aromatic rings. The fourth-order valence-corrected chi connectivity index (χ4v) is 2.05. The molecule has 2 heteroatoms. The quantitative estimate of drug-likeness (QED) is 0.817. The highest BCUT2D eigenvalue weighted by atomic mass is 16.5. The number of hydrogen-bond donors (Lipinski definition) is 1. The van der Waals surface area contributed by atoms with E-state index in [-0.39, 0.29) is 18.1 Å². The zero-order valence-electron chi connectivity index (χ0n) is 9.31. The molecule has 82 valence electrons. The minimum Gasteiger partial charge on any atom is -0.390 e. The number of ether oxygens (including phenoxy) is 1. The second-order valence-electron chi connectivity index (χ2n) is 4.46. The lowest BCUT2D eigenvalue weighted by Gasteiger charge is -2.34. The van der Waals surface area contributed by atoms with Crippen LogP contribution in [0.1, 0.15) is 30.9 Å². The van der Waals surface area contributed by atoms with Crippen molar-refractivity contribution in [1.29, 1.82) is 0 Å². The van der Waals surface area contributed by atoms with Crippen molar-refractivity contribution < 1.29 is 9.84 Å². The highest BCUT2D eigenvalue weighted by molar-refractivity contribution is 5.40. The number of aliphatic hydroxyl groups is 1. The van der Waals surface area contributed by atoms with Gasteiger partial charge in [-0.25, -0.2) is 0 Å². The summed E-state index contributed by atoms with van der Waals surface area (Å²) >= 11 is 0. The summed E-state index contributed by atoms with van der Waals surface area (Å²) in [6, 6.07) is 8.30. The second kappa shape index (κ2) is 4.33. The van der Waals surface area contributed by atoms with E-state index in [1.54, 1.807) is 0 Å². The summed E-state index contributed by atoms with van der Waals surface area (Å²) in [5.41, 5.74) is 2.66. The average molecular weight is 206 g/mol. The van der Waals surface area contributed by atoms with Crippen LogP contribution in [0.15, 0.2) is 24.3 Å². The van der Waals surface area contributed by atoms with E-state index in [1.165, 1.54) is 11.1 Å². The maximum atomic E-state index is 9.94. The number of fused-ring (bicyclic) bond motifs is 1. The van der Waals surface area contributed by atoms with Gasteiger partial charge in [0, 0.05) is 5.92 Å². The van der Waals surface area contributed by atoms with Crippen molar-refractivity contribution in [1.82, 2.24) is 0 Å². The van der Waals surface area contributed by atoms with Crippen molar-refractivity contribution in [2.45, 2.75) is 38.4 Å². The lowest BCUT2D eigenvalue weighted by molar-refractivity contribution is -0.00859. The van der Waals surface area contributed by atoms with E-state index in [0.29, 0.717) is 6.61 Å². The highest BCUT2D eigenvalue weighted by Crippen LogP contribution is 2.37. The van der Waals surface area contributed by atoms with Crippen molar-refractivity contribution >= 4 is 0 Å². The standard InChI is InChI=1S/C13H18O2/c1-9(2)15-8-13(14)12-7-10-5-3-4-6-11(10)12/h3-6,9,12-14H,7-8H2,1-2H3. The van der Waals surface area contributed by atoms with Crippen molar-refractivity contribution in [3.63, 3.8) is 0 Å². The normalized spacial score (nSPS) is 20.9. The molecule has 15 heavy (non-hydrogen) atoms. The molecule has 1 aliphatic carbocycles. The third kappa shape index (κ3) is 2.21. The summed E-state index contributed by atoms with van der Waals surface area (Å²) in [6.45, 7) is 4.42. The topological polar surface area (TPSA) is 29.5 Å². The fraction of sp³-hybridized carbons (Fsp3) is 0.538. The van der Waals surface area contributed by atoms with Crippen LogP contribution >= 0.6 is 0 Å². The monoisotopic (exact) mass is 206 g/mol. The summed E-state index contributed by atoms with van der Waals surface area (Å²) in [5, 5.41) is 9.94. The Morgan fingerprint density at radius 3 is 2.80 bits per heavy atom. The van der Waals surface area contributed by atoms with E-state index >= 15 is 0 Å². The lowest BCUT2D eigenvalue weighted by atomic mass is 9.75. The van der Waals surface area contributed by atoms with Gasteiger partial charge in [-0.15, -0.1) is 0 Å². The Morgan fingerprint density at radius 1 is 1.40 bits per heavy atom. The van der Waals surface area contributed by atoms with Gasteiger partial charge in [0.2, 0.25) is 0 Å². The molecule has 2 nitrogen and oxygen atoms in total. The van der Waals surface area contributed by atoms with Crippen LogP contribution < -0.4 is 0 Å². The maximum absolute atomic E-state index is 9.94. The average Bonchev–Trinajstić information content (AvgIpc) is 2.17. The van der Waals surface area contributed by atoms with Crippen LogP contribution in [-0.2, 0) is 11.2 Å². The first-order chi connectivity index (χ1) is 7.18. The van der Waals surface area contributed by atoms with Crippen LogP contribution in [0, 0.1) is 0 Å². The molecular formula is C13H18O2. The predicted octanol–water partition coefficient (Wildman–Crippen LogP) is 2.11. The van der Waals surface area contributed by atoms with Crippen LogP contribution in [0.5, 0.6) is 0 Å². The Kier molecular flexibility index (Phi) is 3.08. The fourth-order valence-electron chi connectivity index (χ4n) is 2.05. The smallest absolute Gasteiger partial charge is 0.0845 e. The summed E-state index contributed by atoms with van der Waals surface area (Å²) < 4.78 is 5.43. The van der Waals surface area contributed by atoms with Gasteiger partial charge in [-0.05, 0) is 31.4 Å². The van der Waals surface area contributed by atoms with Crippen LogP contribution in [0.25, 0.3) is 0 Å². The molecule has 0 saturated heterocycles. The largest absolute Gasteiger partial charge is 0.390 e. The van der Waals surface area contributed by atoms with Gasteiger partial charge < -0.3 is 9.84 Å². The zero-order chi connectivity index (χ0) is 10.8. The molecule has 0 fully saturated rings. The first-order valence-corrected chi connectivity index (χ1v) is 5.56. The third-order valence-corrected chi connectivity index (χ3v) is 2.96.